The van der Waals surface area contributed by atoms with Gasteiger partial charge >= 0.3 is 5.69 Å². The van der Waals surface area contributed by atoms with E-state index in [1.807, 2.05) is 0 Å². The number of carbonyl (C=O) groups excluding carboxylic acids is 1. The van der Waals surface area contributed by atoms with Crippen molar-refractivity contribution in [1.82, 2.24) is 5.32 Å². The van der Waals surface area contributed by atoms with Crippen molar-refractivity contribution in [3.63, 3.8) is 0 Å². The van der Waals surface area contributed by atoms with E-state index in [0.717, 1.165) is 31.9 Å². The number of benzene rings is 1. The van der Waals surface area contributed by atoms with Crippen LogP contribution in [0.15, 0.2) is 23.1 Å². The van der Waals surface area contributed by atoms with Gasteiger partial charge in [0, 0.05) is 25.9 Å². The van der Waals surface area contributed by atoms with Gasteiger partial charge in [-0.05, 0) is 43.7 Å². The molecule has 1 atom stereocenters. The normalized spacial score (nSPS) is 20.7. The zero-order chi connectivity index (χ0) is 18.9. The van der Waals surface area contributed by atoms with E-state index in [9.17, 15) is 23.3 Å². The summed E-state index contributed by atoms with van der Waals surface area (Å²) in [4.78, 5) is 24.8. The Morgan fingerprint density at radius 2 is 2.08 bits per heavy atom. The highest BCUT2D eigenvalue weighted by Gasteiger charge is 2.33. The van der Waals surface area contributed by atoms with Gasteiger partial charge in [-0.1, -0.05) is 6.07 Å². The van der Waals surface area contributed by atoms with Crippen LogP contribution in [-0.4, -0.2) is 45.1 Å². The Hall–Kier alpha value is -2.16. The molecule has 0 aromatic heterocycles. The Labute approximate surface area is 152 Å². The highest BCUT2D eigenvalue weighted by atomic mass is 32.2. The van der Waals surface area contributed by atoms with Crippen LogP contribution in [0.3, 0.4) is 0 Å². The van der Waals surface area contributed by atoms with Crippen molar-refractivity contribution in [3.8, 4) is 0 Å². The van der Waals surface area contributed by atoms with Crippen LogP contribution >= 0.6 is 0 Å². The average molecular weight is 381 g/mol. The summed E-state index contributed by atoms with van der Waals surface area (Å²) in [7, 11) is -3.73. The molecule has 1 heterocycles. The zero-order valence-corrected chi connectivity index (χ0v) is 15.5. The summed E-state index contributed by atoms with van der Waals surface area (Å²) in [5.41, 5.74) is -0.147. The standard InChI is InChI=1S/C17H23N3O5S/c1-26(24,25)15-6-2-5-14(16(15)20(22)23)19-9-3-4-13(11-19)17(21)18-10-12-7-8-12/h2,5-6,12-13H,3-4,7-11H2,1H3,(H,18,21). The summed E-state index contributed by atoms with van der Waals surface area (Å²) in [6, 6.07) is 4.31. The molecule has 142 valence electrons. The second-order valence-electron chi connectivity index (χ2n) is 7.13. The van der Waals surface area contributed by atoms with Crippen molar-refractivity contribution in [2.75, 3.05) is 30.8 Å². The number of nitro groups is 1. The first-order chi connectivity index (χ1) is 12.3. The lowest BCUT2D eigenvalue weighted by molar-refractivity contribution is -0.387. The molecule has 0 bridgehead atoms. The topological polar surface area (TPSA) is 110 Å². The average Bonchev–Trinajstić information content (AvgIpc) is 3.42. The Kier molecular flexibility index (Phi) is 5.17. The molecule has 1 saturated carbocycles. The van der Waals surface area contributed by atoms with Gasteiger partial charge in [-0.25, -0.2) is 8.42 Å². The molecule has 3 rings (SSSR count). The maximum Gasteiger partial charge on any atom is 0.311 e. The fraction of sp³-hybridized carbons (Fsp3) is 0.588. The maximum atomic E-state index is 12.4. The van der Waals surface area contributed by atoms with Gasteiger partial charge in [0.25, 0.3) is 0 Å². The van der Waals surface area contributed by atoms with Gasteiger partial charge in [0.15, 0.2) is 9.84 Å². The molecule has 1 aliphatic heterocycles. The van der Waals surface area contributed by atoms with Crippen molar-refractivity contribution in [3.05, 3.63) is 28.3 Å². The van der Waals surface area contributed by atoms with Gasteiger partial charge in [-0.3, -0.25) is 14.9 Å². The van der Waals surface area contributed by atoms with Gasteiger partial charge in [-0.15, -0.1) is 0 Å². The first-order valence-electron chi connectivity index (χ1n) is 8.77. The second kappa shape index (κ2) is 7.22. The molecule has 1 amide bonds. The third-order valence-corrected chi connectivity index (χ3v) is 6.08. The molecular weight excluding hydrogens is 358 g/mol. The van der Waals surface area contributed by atoms with Crippen LogP contribution in [0, 0.1) is 22.0 Å². The fourth-order valence-corrected chi connectivity index (χ4v) is 4.23. The van der Waals surface area contributed by atoms with Gasteiger partial charge in [0.05, 0.1) is 10.8 Å². The summed E-state index contributed by atoms with van der Waals surface area (Å²) in [5.74, 6) is 0.318. The molecule has 8 nitrogen and oxygen atoms in total. The van der Waals surface area contributed by atoms with Crippen LogP contribution < -0.4 is 10.2 Å². The number of carbonyl (C=O) groups is 1. The second-order valence-corrected chi connectivity index (χ2v) is 9.11. The summed E-state index contributed by atoms with van der Waals surface area (Å²) in [6.45, 7) is 1.60. The molecule has 1 saturated heterocycles. The molecule has 2 aliphatic rings. The summed E-state index contributed by atoms with van der Waals surface area (Å²) in [5, 5.41) is 14.5. The molecule has 1 aromatic carbocycles. The third kappa shape index (κ3) is 4.14. The number of nitro benzene ring substituents is 1. The lowest BCUT2D eigenvalue weighted by Gasteiger charge is -2.33. The fourth-order valence-electron chi connectivity index (χ4n) is 3.37. The molecule has 0 spiro atoms. The number of rotatable bonds is 6. The van der Waals surface area contributed by atoms with Crippen molar-refractivity contribution < 1.29 is 18.1 Å². The first-order valence-corrected chi connectivity index (χ1v) is 10.7. The van der Waals surface area contributed by atoms with Gasteiger partial charge < -0.3 is 10.2 Å². The minimum atomic E-state index is -3.73. The molecule has 1 aromatic rings. The number of hydrogen-bond acceptors (Lipinski definition) is 6. The van der Waals surface area contributed by atoms with Crippen molar-refractivity contribution in [2.24, 2.45) is 11.8 Å². The molecular formula is C17H23N3O5S. The predicted molar refractivity (Wildman–Crippen MR) is 96.9 cm³/mol. The van der Waals surface area contributed by atoms with E-state index < -0.39 is 20.4 Å². The Morgan fingerprint density at radius 3 is 2.69 bits per heavy atom. The molecule has 0 radical (unpaired) electrons. The van der Waals surface area contributed by atoms with Crippen LogP contribution in [0.2, 0.25) is 0 Å². The van der Waals surface area contributed by atoms with E-state index >= 15 is 0 Å². The molecule has 26 heavy (non-hydrogen) atoms. The summed E-state index contributed by atoms with van der Waals surface area (Å²) >= 11 is 0. The Balaban J connectivity index is 1.83. The van der Waals surface area contributed by atoms with E-state index in [0.29, 0.717) is 25.6 Å². The van der Waals surface area contributed by atoms with Gasteiger partial charge in [0.2, 0.25) is 5.91 Å². The summed E-state index contributed by atoms with van der Waals surface area (Å²) in [6.07, 6.45) is 4.72. The lowest BCUT2D eigenvalue weighted by atomic mass is 9.96. The van der Waals surface area contributed by atoms with Gasteiger partial charge in [0.1, 0.15) is 10.6 Å². The highest BCUT2D eigenvalue weighted by Crippen LogP contribution is 2.36. The number of para-hydroxylation sites is 1. The number of piperidine rings is 1. The largest absolute Gasteiger partial charge is 0.365 e. The lowest BCUT2D eigenvalue weighted by Crippen LogP contribution is -2.43. The molecule has 1 aliphatic carbocycles. The van der Waals surface area contributed by atoms with Crippen LogP contribution in [0.25, 0.3) is 0 Å². The van der Waals surface area contributed by atoms with E-state index in [4.69, 9.17) is 0 Å². The Morgan fingerprint density at radius 1 is 1.35 bits per heavy atom. The van der Waals surface area contributed by atoms with Gasteiger partial charge in [-0.2, -0.15) is 0 Å². The SMILES string of the molecule is CS(=O)(=O)c1cccc(N2CCCC(C(=O)NCC3CC3)C2)c1[N+](=O)[O-]. The number of anilines is 1. The van der Waals surface area contributed by atoms with Crippen molar-refractivity contribution in [2.45, 2.75) is 30.6 Å². The third-order valence-electron chi connectivity index (χ3n) is 4.95. The quantitative estimate of drug-likeness (QED) is 0.594. The maximum absolute atomic E-state index is 12.4. The van der Waals surface area contributed by atoms with E-state index in [2.05, 4.69) is 5.32 Å². The van der Waals surface area contributed by atoms with E-state index in [1.165, 1.54) is 12.1 Å². The van der Waals surface area contributed by atoms with E-state index in [-0.39, 0.29) is 22.4 Å². The molecule has 1 N–H and O–H groups in total. The monoisotopic (exact) mass is 381 g/mol. The van der Waals surface area contributed by atoms with Crippen LogP contribution in [-0.2, 0) is 14.6 Å². The molecule has 9 heteroatoms. The highest BCUT2D eigenvalue weighted by molar-refractivity contribution is 7.90. The Bertz CT molecular complexity index is 820. The number of amides is 1. The van der Waals surface area contributed by atoms with Crippen LogP contribution in [0.4, 0.5) is 11.4 Å². The number of nitrogens with one attached hydrogen (secondary N) is 1. The van der Waals surface area contributed by atoms with Crippen LogP contribution in [0.1, 0.15) is 25.7 Å². The minimum absolute atomic E-state index is 0.0245. The van der Waals surface area contributed by atoms with Crippen molar-refractivity contribution >= 4 is 27.1 Å². The minimum Gasteiger partial charge on any atom is -0.365 e. The molecule has 1 unspecified atom stereocenters. The van der Waals surface area contributed by atoms with Crippen molar-refractivity contribution in [1.29, 1.82) is 0 Å². The zero-order valence-electron chi connectivity index (χ0n) is 14.7. The number of hydrogen-bond donors (Lipinski definition) is 1. The molecule has 2 fully saturated rings. The summed E-state index contributed by atoms with van der Waals surface area (Å²) < 4.78 is 23.9. The smallest absolute Gasteiger partial charge is 0.311 e. The van der Waals surface area contributed by atoms with Crippen LogP contribution in [0.5, 0.6) is 0 Å². The van der Waals surface area contributed by atoms with E-state index in [1.54, 1.807) is 11.0 Å². The first kappa shape index (κ1) is 18.6. The number of nitrogens with zero attached hydrogens (tertiary/aromatic N) is 2. The number of sulfone groups is 1. The predicted octanol–water partition coefficient (Wildman–Crippen LogP) is 1.74.